The number of hydrogen-bond acceptors (Lipinski definition) is 3. The molecule has 0 bridgehead atoms. The monoisotopic (exact) mass is 172 g/mol. The van der Waals surface area contributed by atoms with Crippen molar-refractivity contribution in [3.05, 3.63) is 0 Å². The third-order valence-electron chi connectivity index (χ3n) is 2.29. The molecular formula is C8H16N2O2. The minimum atomic E-state index is -0.648. The van der Waals surface area contributed by atoms with Crippen molar-refractivity contribution in [1.29, 1.82) is 0 Å². The van der Waals surface area contributed by atoms with Crippen LogP contribution in [0, 0.1) is 0 Å². The summed E-state index contributed by atoms with van der Waals surface area (Å²) in [6.45, 7) is 1.97. The number of nitrogens with two attached hydrogens (primary N) is 1. The molecule has 70 valence electrons. The lowest BCUT2D eigenvalue weighted by molar-refractivity contribution is -0.124. The molecule has 1 fully saturated rings. The molecule has 1 rings (SSSR count). The summed E-state index contributed by atoms with van der Waals surface area (Å²) in [5.74, 6) is -0.199. The van der Waals surface area contributed by atoms with Crippen LogP contribution in [0.4, 0.5) is 0 Å². The summed E-state index contributed by atoms with van der Waals surface area (Å²) >= 11 is 0. The molecule has 1 aliphatic rings. The molecule has 1 atom stereocenters. The topological polar surface area (TPSA) is 75.4 Å². The van der Waals surface area contributed by atoms with Crippen LogP contribution in [-0.4, -0.2) is 29.2 Å². The molecule has 4 N–H and O–H groups in total. The Morgan fingerprint density at radius 2 is 2.33 bits per heavy atom. The highest BCUT2D eigenvalue weighted by atomic mass is 16.3. The van der Waals surface area contributed by atoms with Gasteiger partial charge in [0.2, 0.25) is 5.91 Å². The molecule has 0 aromatic heterocycles. The molecule has 4 nitrogen and oxygen atoms in total. The third-order valence-corrected chi connectivity index (χ3v) is 2.29. The Morgan fingerprint density at radius 1 is 1.75 bits per heavy atom. The lowest BCUT2D eigenvalue weighted by Crippen LogP contribution is -2.50. The summed E-state index contributed by atoms with van der Waals surface area (Å²) in [5.41, 5.74) is 4.68. The molecule has 4 heteroatoms. The highest BCUT2D eigenvalue weighted by molar-refractivity contribution is 5.81. The first-order chi connectivity index (χ1) is 5.53. The molecule has 0 spiro atoms. The number of nitrogens with one attached hydrogen (secondary N) is 1. The SMILES string of the molecule is CC(N)C(=O)NCC1(O)CCC1. The molecule has 0 aromatic rings. The summed E-state index contributed by atoms with van der Waals surface area (Å²) in [7, 11) is 0. The molecule has 1 aliphatic carbocycles. The minimum absolute atomic E-state index is 0.199. The Labute approximate surface area is 72.1 Å². The Balaban J connectivity index is 2.21. The summed E-state index contributed by atoms with van der Waals surface area (Å²) in [4.78, 5) is 11.0. The van der Waals surface area contributed by atoms with Crippen molar-refractivity contribution in [3.8, 4) is 0 Å². The molecule has 1 unspecified atom stereocenters. The second-order valence-corrected chi connectivity index (χ2v) is 3.58. The zero-order chi connectivity index (χ0) is 9.19. The summed E-state index contributed by atoms with van der Waals surface area (Å²) < 4.78 is 0. The molecular weight excluding hydrogens is 156 g/mol. The number of hydrogen-bond donors (Lipinski definition) is 3. The van der Waals surface area contributed by atoms with Crippen molar-refractivity contribution >= 4 is 5.91 Å². The normalized spacial score (nSPS) is 22.6. The fourth-order valence-corrected chi connectivity index (χ4v) is 1.17. The molecule has 1 saturated carbocycles. The Kier molecular flexibility index (Phi) is 2.69. The van der Waals surface area contributed by atoms with E-state index in [1.54, 1.807) is 6.92 Å². The number of carbonyl (C=O) groups excluding carboxylic acids is 1. The van der Waals surface area contributed by atoms with Gasteiger partial charge in [-0.05, 0) is 26.2 Å². The van der Waals surface area contributed by atoms with E-state index in [4.69, 9.17) is 5.73 Å². The van der Waals surface area contributed by atoms with Gasteiger partial charge in [0, 0.05) is 6.54 Å². The lowest BCUT2D eigenvalue weighted by Gasteiger charge is -2.36. The Hall–Kier alpha value is -0.610. The van der Waals surface area contributed by atoms with Crippen LogP contribution in [0.5, 0.6) is 0 Å². The number of aliphatic hydroxyl groups is 1. The van der Waals surface area contributed by atoms with Crippen LogP contribution in [0.15, 0.2) is 0 Å². The standard InChI is InChI=1S/C8H16N2O2/c1-6(9)7(11)10-5-8(12)3-2-4-8/h6,12H,2-5,9H2,1H3,(H,10,11). The molecule has 0 aromatic carbocycles. The highest BCUT2D eigenvalue weighted by Gasteiger charge is 2.34. The van der Waals surface area contributed by atoms with Crippen molar-refractivity contribution in [3.63, 3.8) is 0 Å². The van der Waals surface area contributed by atoms with Gasteiger partial charge in [0.15, 0.2) is 0 Å². The first-order valence-corrected chi connectivity index (χ1v) is 4.29. The van der Waals surface area contributed by atoms with Gasteiger partial charge in [-0.15, -0.1) is 0 Å². The van der Waals surface area contributed by atoms with Gasteiger partial charge in [0.05, 0.1) is 11.6 Å². The zero-order valence-electron chi connectivity index (χ0n) is 7.34. The molecule has 0 heterocycles. The minimum Gasteiger partial charge on any atom is -0.388 e. The maximum Gasteiger partial charge on any atom is 0.236 e. The first-order valence-electron chi connectivity index (χ1n) is 4.29. The van der Waals surface area contributed by atoms with Crippen molar-refractivity contribution in [2.75, 3.05) is 6.54 Å². The van der Waals surface area contributed by atoms with Crippen molar-refractivity contribution < 1.29 is 9.90 Å². The lowest BCUT2D eigenvalue weighted by atomic mass is 9.80. The van der Waals surface area contributed by atoms with E-state index in [2.05, 4.69) is 5.32 Å². The van der Waals surface area contributed by atoms with E-state index < -0.39 is 11.6 Å². The van der Waals surface area contributed by atoms with E-state index in [0.29, 0.717) is 6.54 Å². The van der Waals surface area contributed by atoms with Crippen LogP contribution in [0.2, 0.25) is 0 Å². The largest absolute Gasteiger partial charge is 0.388 e. The quantitative estimate of drug-likeness (QED) is 0.530. The summed E-state index contributed by atoms with van der Waals surface area (Å²) in [6.07, 6.45) is 2.61. The fourth-order valence-electron chi connectivity index (χ4n) is 1.17. The molecule has 0 aliphatic heterocycles. The highest BCUT2D eigenvalue weighted by Crippen LogP contribution is 2.30. The second-order valence-electron chi connectivity index (χ2n) is 3.58. The van der Waals surface area contributed by atoms with Gasteiger partial charge in [-0.25, -0.2) is 0 Å². The van der Waals surface area contributed by atoms with E-state index in [9.17, 15) is 9.90 Å². The first kappa shape index (κ1) is 9.48. The van der Waals surface area contributed by atoms with Gasteiger partial charge >= 0.3 is 0 Å². The van der Waals surface area contributed by atoms with E-state index >= 15 is 0 Å². The maximum absolute atomic E-state index is 11.0. The van der Waals surface area contributed by atoms with Gasteiger partial charge in [-0.3, -0.25) is 4.79 Å². The van der Waals surface area contributed by atoms with Crippen molar-refractivity contribution in [2.24, 2.45) is 5.73 Å². The van der Waals surface area contributed by atoms with Gasteiger partial charge in [0.25, 0.3) is 0 Å². The molecule has 0 radical (unpaired) electrons. The van der Waals surface area contributed by atoms with Crippen LogP contribution in [0.3, 0.4) is 0 Å². The smallest absolute Gasteiger partial charge is 0.236 e. The number of rotatable bonds is 3. The predicted molar refractivity (Wildman–Crippen MR) is 45.5 cm³/mol. The Bertz CT molecular complexity index is 176. The molecule has 12 heavy (non-hydrogen) atoms. The van der Waals surface area contributed by atoms with E-state index in [1.165, 1.54) is 0 Å². The van der Waals surface area contributed by atoms with E-state index in [0.717, 1.165) is 19.3 Å². The van der Waals surface area contributed by atoms with Crippen LogP contribution in [0.1, 0.15) is 26.2 Å². The van der Waals surface area contributed by atoms with Gasteiger partial charge in [0.1, 0.15) is 0 Å². The maximum atomic E-state index is 11.0. The van der Waals surface area contributed by atoms with Crippen LogP contribution >= 0.6 is 0 Å². The molecule has 1 amide bonds. The van der Waals surface area contributed by atoms with Crippen LogP contribution < -0.4 is 11.1 Å². The van der Waals surface area contributed by atoms with Crippen molar-refractivity contribution in [1.82, 2.24) is 5.32 Å². The van der Waals surface area contributed by atoms with Gasteiger partial charge in [-0.1, -0.05) is 0 Å². The molecule has 0 saturated heterocycles. The predicted octanol–water partition coefficient (Wildman–Crippen LogP) is -0.635. The number of carbonyl (C=O) groups is 1. The van der Waals surface area contributed by atoms with Crippen LogP contribution in [-0.2, 0) is 4.79 Å². The average Bonchev–Trinajstić information content (AvgIpc) is 1.96. The van der Waals surface area contributed by atoms with Gasteiger partial charge in [-0.2, -0.15) is 0 Å². The number of amides is 1. The van der Waals surface area contributed by atoms with E-state index in [1.807, 2.05) is 0 Å². The third kappa shape index (κ3) is 2.19. The van der Waals surface area contributed by atoms with E-state index in [-0.39, 0.29) is 5.91 Å². The van der Waals surface area contributed by atoms with Gasteiger partial charge < -0.3 is 16.2 Å². The summed E-state index contributed by atoms with van der Waals surface area (Å²) in [5, 5.41) is 12.2. The fraction of sp³-hybridized carbons (Fsp3) is 0.875. The van der Waals surface area contributed by atoms with Crippen molar-refractivity contribution in [2.45, 2.75) is 37.8 Å². The Morgan fingerprint density at radius 3 is 2.67 bits per heavy atom. The van der Waals surface area contributed by atoms with Crippen LogP contribution in [0.25, 0.3) is 0 Å². The average molecular weight is 172 g/mol. The summed E-state index contributed by atoms with van der Waals surface area (Å²) in [6, 6.07) is -0.492. The zero-order valence-corrected chi connectivity index (χ0v) is 7.34. The second kappa shape index (κ2) is 3.41.